The van der Waals surface area contributed by atoms with E-state index in [4.69, 9.17) is 10.2 Å². The van der Waals surface area contributed by atoms with Gasteiger partial charge in [0, 0.05) is 11.6 Å². The molecule has 17 heavy (non-hydrogen) atoms. The fourth-order valence-electron chi connectivity index (χ4n) is 2.01. The van der Waals surface area contributed by atoms with Gasteiger partial charge in [-0.15, -0.1) is 0 Å². The lowest BCUT2D eigenvalue weighted by Gasteiger charge is -2.11. The number of fused-ring (bicyclic) bond motifs is 1. The summed E-state index contributed by atoms with van der Waals surface area (Å²) in [6.45, 7) is 0. The number of pyridine rings is 1. The summed E-state index contributed by atoms with van der Waals surface area (Å²) in [5.41, 5.74) is 8.19. The lowest BCUT2D eigenvalue weighted by molar-refractivity contribution is 0.490. The first kappa shape index (κ1) is 10.1. The highest BCUT2D eigenvalue weighted by molar-refractivity contribution is 5.82. The molecule has 1 atom stereocenters. The van der Waals surface area contributed by atoms with Crippen molar-refractivity contribution in [1.29, 1.82) is 0 Å². The van der Waals surface area contributed by atoms with Crippen LogP contribution in [0.4, 0.5) is 0 Å². The molecule has 2 N–H and O–H groups in total. The number of rotatable bonds is 2. The summed E-state index contributed by atoms with van der Waals surface area (Å²) in [4.78, 5) is 4.32. The number of nitrogens with two attached hydrogens (primary N) is 1. The molecule has 2 heterocycles. The molecule has 1 aromatic carbocycles. The van der Waals surface area contributed by atoms with Gasteiger partial charge in [-0.05, 0) is 29.8 Å². The minimum absolute atomic E-state index is 0.252. The van der Waals surface area contributed by atoms with E-state index in [9.17, 15) is 0 Å². The Morgan fingerprint density at radius 2 is 1.94 bits per heavy atom. The third-order valence-electron chi connectivity index (χ3n) is 2.87. The average molecular weight is 224 g/mol. The van der Waals surface area contributed by atoms with Crippen LogP contribution in [0.1, 0.15) is 17.4 Å². The van der Waals surface area contributed by atoms with Gasteiger partial charge >= 0.3 is 0 Å². The molecule has 0 fully saturated rings. The second-order valence-corrected chi connectivity index (χ2v) is 3.91. The Balaban J connectivity index is 2.17. The van der Waals surface area contributed by atoms with E-state index < -0.39 is 0 Å². The van der Waals surface area contributed by atoms with Gasteiger partial charge in [-0.1, -0.05) is 18.2 Å². The Kier molecular flexibility index (Phi) is 2.38. The number of furan rings is 1. The van der Waals surface area contributed by atoms with Gasteiger partial charge in [0.1, 0.15) is 5.76 Å². The van der Waals surface area contributed by atoms with Crippen molar-refractivity contribution in [2.45, 2.75) is 6.04 Å². The van der Waals surface area contributed by atoms with Crippen molar-refractivity contribution in [2.75, 3.05) is 0 Å². The minimum atomic E-state index is -0.252. The van der Waals surface area contributed by atoms with Crippen LogP contribution in [0.25, 0.3) is 10.9 Å². The Morgan fingerprint density at radius 3 is 2.76 bits per heavy atom. The molecule has 0 radical (unpaired) electrons. The monoisotopic (exact) mass is 224 g/mol. The van der Waals surface area contributed by atoms with Crippen molar-refractivity contribution < 1.29 is 4.42 Å². The van der Waals surface area contributed by atoms with E-state index in [0.29, 0.717) is 0 Å². The van der Waals surface area contributed by atoms with Crippen LogP contribution in [-0.2, 0) is 0 Å². The molecule has 0 aliphatic carbocycles. The van der Waals surface area contributed by atoms with E-state index in [0.717, 1.165) is 22.2 Å². The number of hydrogen-bond acceptors (Lipinski definition) is 3. The fourth-order valence-corrected chi connectivity index (χ4v) is 2.01. The van der Waals surface area contributed by atoms with Gasteiger partial charge in [0.15, 0.2) is 0 Å². The molecule has 3 nitrogen and oxygen atoms in total. The van der Waals surface area contributed by atoms with Gasteiger partial charge in [0.25, 0.3) is 0 Å². The zero-order chi connectivity index (χ0) is 11.7. The zero-order valence-electron chi connectivity index (χ0n) is 9.21. The third-order valence-corrected chi connectivity index (χ3v) is 2.87. The van der Waals surface area contributed by atoms with Crippen molar-refractivity contribution in [1.82, 2.24) is 4.98 Å². The topological polar surface area (TPSA) is 52.0 Å². The van der Waals surface area contributed by atoms with E-state index in [1.165, 1.54) is 0 Å². The summed E-state index contributed by atoms with van der Waals surface area (Å²) in [7, 11) is 0. The maximum Gasteiger partial charge on any atom is 0.125 e. The lowest BCUT2D eigenvalue weighted by atomic mass is 10.0. The van der Waals surface area contributed by atoms with Crippen molar-refractivity contribution in [2.24, 2.45) is 5.73 Å². The maximum absolute atomic E-state index is 6.21. The third kappa shape index (κ3) is 1.70. The van der Waals surface area contributed by atoms with E-state index in [2.05, 4.69) is 4.98 Å². The summed E-state index contributed by atoms with van der Waals surface area (Å²) >= 11 is 0. The molecule has 2 aromatic heterocycles. The van der Waals surface area contributed by atoms with E-state index in [-0.39, 0.29) is 6.04 Å². The van der Waals surface area contributed by atoms with Gasteiger partial charge < -0.3 is 10.2 Å². The normalized spacial score (nSPS) is 12.8. The number of hydrogen-bond donors (Lipinski definition) is 1. The summed E-state index contributed by atoms with van der Waals surface area (Å²) < 4.78 is 5.35. The molecule has 3 aromatic rings. The SMILES string of the molecule is NC(c1ccco1)c1ccnc2ccccc12. The molecule has 0 bridgehead atoms. The van der Waals surface area contributed by atoms with Crippen LogP contribution in [0, 0.1) is 0 Å². The molecule has 3 rings (SSSR count). The second-order valence-electron chi connectivity index (χ2n) is 3.91. The Hall–Kier alpha value is -2.13. The van der Waals surface area contributed by atoms with Crippen LogP contribution < -0.4 is 5.73 Å². The van der Waals surface area contributed by atoms with Gasteiger partial charge in [0.2, 0.25) is 0 Å². The Labute approximate surface area is 98.9 Å². The highest BCUT2D eigenvalue weighted by Crippen LogP contribution is 2.26. The smallest absolute Gasteiger partial charge is 0.125 e. The minimum Gasteiger partial charge on any atom is -0.467 e. The molecule has 0 saturated heterocycles. The van der Waals surface area contributed by atoms with Gasteiger partial charge in [-0.3, -0.25) is 4.98 Å². The standard InChI is InChI=1S/C14H12N2O/c15-14(13-6-3-9-17-13)11-7-8-16-12-5-2-1-4-10(11)12/h1-9,14H,15H2. The highest BCUT2D eigenvalue weighted by atomic mass is 16.3. The summed E-state index contributed by atoms with van der Waals surface area (Å²) in [5.74, 6) is 0.765. The molecule has 1 unspecified atom stereocenters. The lowest BCUT2D eigenvalue weighted by Crippen LogP contribution is -2.11. The van der Waals surface area contributed by atoms with E-state index in [1.807, 2.05) is 42.5 Å². The van der Waals surface area contributed by atoms with Crippen LogP contribution in [-0.4, -0.2) is 4.98 Å². The predicted octanol–water partition coefficient (Wildman–Crippen LogP) is 2.88. The van der Waals surface area contributed by atoms with Crippen molar-refractivity contribution in [3.05, 3.63) is 66.2 Å². The number of aromatic nitrogens is 1. The highest BCUT2D eigenvalue weighted by Gasteiger charge is 2.14. The van der Waals surface area contributed by atoms with Crippen molar-refractivity contribution in [3.63, 3.8) is 0 Å². The molecule has 0 saturated carbocycles. The quantitative estimate of drug-likeness (QED) is 0.728. The molecule has 0 amide bonds. The van der Waals surface area contributed by atoms with Crippen LogP contribution in [0.3, 0.4) is 0 Å². The van der Waals surface area contributed by atoms with Gasteiger partial charge in [-0.2, -0.15) is 0 Å². The summed E-state index contributed by atoms with van der Waals surface area (Å²) in [5, 5.41) is 1.07. The predicted molar refractivity (Wildman–Crippen MR) is 66.5 cm³/mol. The average Bonchev–Trinajstić information content (AvgIpc) is 2.91. The summed E-state index contributed by atoms with van der Waals surface area (Å²) in [6.07, 6.45) is 3.42. The van der Waals surface area contributed by atoms with Crippen molar-refractivity contribution >= 4 is 10.9 Å². The number of benzene rings is 1. The molecule has 84 valence electrons. The van der Waals surface area contributed by atoms with Crippen LogP contribution in [0.2, 0.25) is 0 Å². The van der Waals surface area contributed by atoms with Gasteiger partial charge in [0.05, 0.1) is 17.8 Å². The first-order valence-corrected chi connectivity index (χ1v) is 5.49. The molecular formula is C14H12N2O. The molecule has 3 heteroatoms. The molecular weight excluding hydrogens is 212 g/mol. The van der Waals surface area contributed by atoms with E-state index in [1.54, 1.807) is 12.5 Å². The van der Waals surface area contributed by atoms with Crippen LogP contribution >= 0.6 is 0 Å². The first-order valence-electron chi connectivity index (χ1n) is 5.49. The number of nitrogens with zero attached hydrogens (tertiary/aromatic N) is 1. The Bertz CT molecular complexity index is 626. The maximum atomic E-state index is 6.21. The summed E-state index contributed by atoms with van der Waals surface area (Å²) in [6, 6.07) is 13.4. The largest absolute Gasteiger partial charge is 0.467 e. The van der Waals surface area contributed by atoms with Crippen LogP contribution in [0.15, 0.2) is 59.3 Å². The van der Waals surface area contributed by atoms with Crippen LogP contribution in [0.5, 0.6) is 0 Å². The van der Waals surface area contributed by atoms with Crippen molar-refractivity contribution in [3.8, 4) is 0 Å². The Morgan fingerprint density at radius 1 is 1.06 bits per heavy atom. The molecule has 0 spiro atoms. The molecule has 0 aliphatic rings. The second kappa shape index (κ2) is 4.03. The number of para-hydroxylation sites is 1. The first-order chi connectivity index (χ1) is 8.36. The van der Waals surface area contributed by atoms with E-state index >= 15 is 0 Å². The molecule has 0 aliphatic heterocycles. The fraction of sp³-hybridized carbons (Fsp3) is 0.0714. The van der Waals surface area contributed by atoms with Gasteiger partial charge in [-0.25, -0.2) is 0 Å². The zero-order valence-corrected chi connectivity index (χ0v) is 9.21.